The zero-order valence-electron chi connectivity index (χ0n) is 14.2. The van der Waals surface area contributed by atoms with Crippen molar-refractivity contribution in [2.45, 2.75) is 6.42 Å². The molecule has 0 atom stereocenters. The third-order valence-corrected chi connectivity index (χ3v) is 3.56. The summed E-state index contributed by atoms with van der Waals surface area (Å²) in [7, 11) is 1.60. The van der Waals surface area contributed by atoms with Gasteiger partial charge in [-0.2, -0.15) is 0 Å². The highest BCUT2D eigenvalue weighted by atomic mass is 16.6. The van der Waals surface area contributed by atoms with E-state index in [0.717, 1.165) is 6.42 Å². The molecule has 2 aromatic carbocycles. The topological polar surface area (TPSA) is 111 Å². The van der Waals surface area contributed by atoms with Gasteiger partial charge in [-0.15, -0.1) is 0 Å². The van der Waals surface area contributed by atoms with E-state index in [0.29, 0.717) is 30.0 Å². The second-order valence-corrected chi connectivity index (χ2v) is 5.44. The molecule has 2 N–H and O–H groups in total. The summed E-state index contributed by atoms with van der Waals surface area (Å²) in [6.45, 7) is 1.10. The van der Waals surface area contributed by atoms with Gasteiger partial charge in [0.1, 0.15) is 0 Å². The SMILES string of the molecule is COCCCNC(=O)c1ccc(NC(=O)c2ccc([N+](=O)[O-])cc2)cc1. The predicted molar refractivity (Wildman–Crippen MR) is 96.3 cm³/mol. The zero-order valence-corrected chi connectivity index (χ0v) is 14.2. The third-order valence-electron chi connectivity index (χ3n) is 3.56. The molecule has 0 radical (unpaired) electrons. The van der Waals surface area contributed by atoms with Crippen molar-refractivity contribution in [3.8, 4) is 0 Å². The van der Waals surface area contributed by atoms with Crippen LogP contribution in [0.15, 0.2) is 48.5 Å². The first-order valence-corrected chi connectivity index (χ1v) is 7.94. The normalized spacial score (nSPS) is 10.2. The molecule has 0 spiro atoms. The second kappa shape index (κ2) is 9.28. The summed E-state index contributed by atoms with van der Waals surface area (Å²) in [6.07, 6.45) is 0.728. The molecule has 2 amide bonds. The minimum Gasteiger partial charge on any atom is -0.385 e. The molecule has 2 aromatic rings. The molecule has 8 nitrogen and oxygen atoms in total. The van der Waals surface area contributed by atoms with E-state index in [9.17, 15) is 19.7 Å². The van der Waals surface area contributed by atoms with Crippen molar-refractivity contribution in [3.63, 3.8) is 0 Å². The summed E-state index contributed by atoms with van der Waals surface area (Å²) in [4.78, 5) is 34.2. The first kappa shape index (κ1) is 19.1. The summed E-state index contributed by atoms with van der Waals surface area (Å²) >= 11 is 0. The zero-order chi connectivity index (χ0) is 18.9. The fourth-order valence-corrected chi connectivity index (χ4v) is 2.16. The van der Waals surface area contributed by atoms with Gasteiger partial charge in [-0.25, -0.2) is 0 Å². The summed E-state index contributed by atoms with van der Waals surface area (Å²) in [5, 5.41) is 16.1. The number of nitro groups is 1. The number of non-ortho nitro benzene ring substituents is 1. The summed E-state index contributed by atoms with van der Waals surface area (Å²) in [6, 6.07) is 11.8. The van der Waals surface area contributed by atoms with E-state index in [2.05, 4.69) is 10.6 Å². The van der Waals surface area contributed by atoms with Gasteiger partial charge < -0.3 is 15.4 Å². The van der Waals surface area contributed by atoms with Gasteiger partial charge in [0.15, 0.2) is 0 Å². The second-order valence-electron chi connectivity index (χ2n) is 5.44. The Morgan fingerprint density at radius 2 is 1.58 bits per heavy atom. The molecule has 0 unspecified atom stereocenters. The number of ether oxygens (including phenoxy) is 1. The molecule has 2 rings (SSSR count). The fraction of sp³-hybridized carbons (Fsp3) is 0.222. The minimum absolute atomic E-state index is 0.0811. The van der Waals surface area contributed by atoms with E-state index >= 15 is 0 Å². The summed E-state index contributed by atoms with van der Waals surface area (Å²) in [5.74, 6) is -0.592. The monoisotopic (exact) mass is 357 g/mol. The van der Waals surface area contributed by atoms with Crippen molar-refractivity contribution in [1.82, 2.24) is 5.32 Å². The molecular formula is C18H19N3O5. The number of carbonyl (C=O) groups is 2. The molecule has 0 aliphatic heterocycles. The molecule has 0 bridgehead atoms. The molecule has 0 saturated carbocycles. The molecule has 26 heavy (non-hydrogen) atoms. The number of nitrogens with zero attached hydrogens (tertiary/aromatic N) is 1. The Labute approximate surface area is 150 Å². The van der Waals surface area contributed by atoms with Crippen LogP contribution >= 0.6 is 0 Å². The molecule has 0 aromatic heterocycles. The fourth-order valence-electron chi connectivity index (χ4n) is 2.16. The lowest BCUT2D eigenvalue weighted by Gasteiger charge is -2.07. The molecule has 0 fully saturated rings. The molecule has 0 heterocycles. The average molecular weight is 357 g/mol. The van der Waals surface area contributed by atoms with Crippen molar-refractivity contribution in [2.75, 3.05) is 25.6 Å². The Kier molecular flexibility index (Phi) is 6.81. The van der Waals surface area contributed by atoms with Gasteiger partial charge in [-0.3, -0.25) is 19.7 Å². The first-order valence-electron chi connectivity index (χ1n) is 7.94. The number of anilines is 1. The number of rotatable bonds is 8. The van der Waals surface area contributed by atoms with Crippen molar-refractivity contribution >= 4 is 23.2 Å². The predicted octanol–water partition coefficient (Wildman–Crippen LogP) is 2.61. The standard InChI is InChI=1S/C18H19N3O5/c1-26-12-2-11-19-17(22)13-3-7-15(8-4-13)20-18(23)14-5-9-16(10-6-14)21(24)25/h3-10H,2,11-12H2,1H3,(H,19,22)(H,20,23). The maximum absolute atomic E-state index is 12.1. The van der Waals surface area contributed by atoms with Gasteiger partial charge in [-0.1, -0.05) is 0 Å². The molecule has 8 heteroatoms. The number of carbonyl (C=O) groups excluding carboxylic acids is 2. The van der Waals surface area contributed by atoms with Crippen molar-refractivity contribution in [2.24, 2.45) is 0 Å². The van der Waals surface area contributed by atoms with E-state index in [1.807, 2.05) is 0 Å². The summed E-state index contributed by atoms with van der Waals surface area (Å²) < 4.78 is 4.91. The van der Waals surface area contributed by atoms with Crippen LogP contribution in [0.5, 0.6) is 0 Å². The average Bonchev–Trinajstić information content (AvgIpc) is 2.65. The number of methoxy groups -OCH3 is 1. The highest BCUT2D eigenvalue weighted by Gasteiger charge is 2.10. The number of nitrogens with one attached hydrogen (secondary N) is 2. The van der Waals surface area contributed by atoms with E-state index in [1.165, 1.54) is 24.3 Å². The Morgan fingerprint density at radius 3 is 2.15 bits per heavy atom. The van der Waals surface area contributed by atoms with Crippen LogP contribution in [-0.4, -0.2) is 37.0 Å². The van der Waals surface area contributed by atoms with E-state index in [1.54, 1.807) is 31.4 Å². The number of hydrogen-bond donors (Lipinski definition) is 2. The van der Waals surface area contributed by atoms with E-state index < -0.39 is 10.8 Å². The highest BCUT2D eigenvalue weighted by Crippen LogP contribution is 2.15. The van der Waals surface area contributed by atoms with Crippen LogP contribution in [0.1, 0.15) is 27.1 Å². The molecule has 0 aliphatic carbocycles. The van der Waals surface area contributed by atoms with Crippen LogP contribution in [0, 0.1) is 10.1 Å². The lowest BCUT2D eigenvalue weighted by Crippen LogP contribution is -2.25. The number of benzene rings is 2. The minimum atomic E-state index is -0.527. The number of hydrogen-bond acceptors (Lipinski definition) is 5. The van der Waals surface area contributed by atoms with Crippen LogP contribution in [-0.2, 0) is 4.74 Å². The van der Waals surface area contributed by atoms with Crippen molar-refractivity contribution < 1.29 is 19.2 Å². The van der Waals surface area contributed by atoms with Gasteiger partial charge in [0.2, 0.25) is 0 Å². The lowest BCUT2D eigenvalue weighted by atomic mass is 10.1. The van der Waals surface area contributed by atoms with E-state index in [-0.39, 0.29) is 11.6 Å². The molecule has 0 saturated heterocycles. The van der Waals surface area contributed by atoms with Crippen LogP contribution in [0.4, 0.5) is 11.4 Å². The van der Waals surface area contributed by atoms with Gasteiger partial charge >= 0.3 is 0 Å². The van der Waals surface area contributed by atoms with Gasteiger partial charge in [0.25, 0.3) is 17.5 Å². The van der Waals surface area contributed by atoms with Gasteiger partial charge in [0, 0.05) is 49.2 Å². The van der Waals surface area contributed by atoms with Crippen LogP contribution in [0.2, 0.25) is 0 Å². The van der Waals surface area contributed by atoms with Crippen LogP contribution in [0.25, 0.3) is 0 Å². The Bertz CT molecular complexity index is 772. The first-order chi connectivity index (χ1) is 12.5. The lowest BCUT2D eigenvalue weighted by molar-refractivity contribution is -0.384. The maximum atomic E-state index is 12.1. The van der Waals surface area contributed by atoms with E-state index in [4.69, 9.17) is 4.74 Å². The van der Waals surface area contributed by atoms with Crippen LogP contribution < -0.4 is 10.6 Å². The maximum Gasteiger partial charge on any atom is 0.269 e. The molecule has 136 valence electrons. The Morgan fingerprint density at radius 1 is 1.00 bits per heavy atom. The molecule has 0 aliphatic rings. The third kappa shape index (κ3) is 5.38. The summed E-state index contributed by atoms with van der Waals surface area (Å²) in [5.41, 5.74) is 1.22. The van der Waals surface area contributed by atoms with Crippen LogP contribution in [0.3, 0.4) is 0 Å². The Balaban J connectivity index is 1.92. The van der Waals surface area contributed by atoms with Crippen molar-refractivity contribution in [1.29, 1.82) is 0 Å². The van der Waals surface area contributed by atoms with Gasteiger partial charge in [-0.05, 0) is 42.8 Å². The molecular weight excluding hydrogens is 338 g/mol. The number of nitro benzene ring substituents is 1. The van der Waals surface area contributed by atoms with Gasteiger partial charge in [0.05, 0.1) is 4.92 Å². The quantitative estimate of drug-likeness (QED) is 0.429. The number of amides is 2. The smallest absolute Gasteiger partial charge is 0.269 e. The Hall–Kier alpha value is -3.26. The van der Waals surface area contributed by atoms with Crippen molar-refractivity contribution in [3.05, 3.63) is 69.8 Å². The largest absolute Gasteiger partial charge is 0.385 e. The highest BCUT2D eigenvalue weighted by molar-refractivity contribution is 6.04.